The maximum Gasteiger partial charge on any atom is 0.132 e. The van der Waals surface area contributed by atoms with Crippen molar-refractivity contribution in [2.75, 3.05) is 42.7 Å². The summed E-state index contributed by atoms with van der Waals surface area (Å²) in [5.41, 5.74) is 12.7. The maximum atomic E-state index is 10.8. The fraction of sp³-hybridized carbons (Fsp3) is 0.192. The number of aromatic amines is 3. The van der Waals surface area contributed by atoms with Gasteiger partial charge in [0.2, 0.25) is 0 Å². The molecule has 0 fully saturated rings. The molecule has 0 saturated heterocycles. The number of halogens is 3. The first-order valence-corrected chi connectivity index (χ1v) is 23.3. The molecule has 0 bridgehead atoms. The fourth-order valence-corrected chi connectivity index (χ4v) is 10.1. The Morgan fingerprint density at radius 2 is 0.652 bits per heavy atom. The Labute approximate surface area is 406 Å². The van der Waals surface area contributed by atoms with E-state index >= 15 is 0 Å². The van der Waals surface area contributed by atoms with Gasteiger partial charge in [-0.15, -0.1) is 0 Å². The normalized spacial score (nSPS) is 11.5. The lowest BCUT2D eigenvalue weighted by atomic mass is 9.93. The van der Waals surface area contributed by atoms with E-state index in [9.17, 15) is 10.2 Å². The minimum Gasteiger partial charge on any atom is -0.496 e. The molecule has 338 valence electrons. The maximum absolute atomic E-state index is 10.8. The number of methoxy groups -OCH3 is 6. The van der Waals surface area contributed by atoms with Crippen molar-refractivity contribution in [3.8, 4) is 67.9 Å². The number of hydrogen-bond acceptors (Lipinski definition) is 8. The molecule has 0 atom stereocenters. The number of aliphatic hydroxyl groups is 2. The van der Waals surface area contributed by atoms with Gasteiger partial charge in [-0.3, -0.25) is 0 Å². The number of fused-ring (bicyclic) bond motifs is 3. The Morgan fingerprint density at radius 1 is 0.379 bits per heavy atom. The molecule has 14 heteroatoms. The van der Waals surface area contributed by atoms with Gasteiger partial charge in [0.05, 0.1) is 88.6 Å². The third-order valence-corrected chi connectivity index (χ3v) is 13.9. The van der Waals surface area contributed by atoms with Crippen LogP contribution in [0, 0.1) is 0 Å². The molecule has 66 heavy (non-hydrogen) atoms. The van der Waals surface area contributed by atoms with Crippen molar-refractivity contribution < 1.29 is 38.6 Å². The highest BCUT2D eigenvalue weighted by Crippen LogP contribution is 2.50. The number of hydrogen-bond donors (Lipinski definition) is 5. The molecule has 0 amide bonds. The summed E-state index contributed by atoms with van der Waals surface area (Å²) in [5.74, 6) is 3.48. The van der Waals surface area contributed by atoms with Crippen LogP contribution in [0.15, 0.2) is 104 Å². The molecule has 0 aliphatic rings. The van der Waals surface area contributed by atoms with E-state index in [0.29, 0.717) is 64.0 Å². The Bertz CT molecular complexity index is 3270. The Hall–Kier alpha value is -5.90. The standard InChI is InChI=1S/C52H46Br3N3O8/c1-61-38-21-41(64-4)47-45(27-9-15-30(54)16-10-27)36(20-37-46(28-11-17-31(55)18-12-28)49-43(66-6)23-40(63-3)34(25-60)52(49)58-37)57-50(47)32(38)19-35-44(26-7-13-29(53)14-8-26)48-42(65-5)22-39(62-2)33(24-59)51(48)56-35/h7-18,21-23,56-60H,19-20,24-25H2,1-6H3. The van der Waals surface area contributed by atoms with E-state index in [0.717, 1.165) is 96.6 Å². The summed E-state index contributed by atoms with van der Waals surface area (Å²) in [6.07, 6.45) is 0.766. The first kappa shape index (κ1) is 45.3. The second-order valence-electron chi connectivity index (χ2n) is 15.7. The van der Waals surface area contributed by atoms with Gasteiger partial charge in [-0.25, -0.2) is 0 Å². The zero-order valence-electron chi connectivity index (χ0n) is 37.0. The summed E-state index contributed by atoms with van der Waals surface area (Å²) in [5, 5.41) is 24.1. The summed E-state index contributed by atoms with van der Waals surface area (Å²) < 4.78 is 39.0. The number of nitrogens with one attached hydrogen (secondary N) is 3. The summed E-state index contributed by atoms with van der Waals surface area (Å²) in [6, 6.07) is 30.2. The fourth-order valence-electron chi connectivity index (χ4n) is 9.35. The number of H-pyrrole nitrogens is 3. The van der Waals surface area contributed by atoms with Gasteiger partial charge >= 0.3 is 0 Å². The first-order valence-electron chi connectivity index (χ1n) is 20.9. The van der Waals surface area contributed by atoms with E-state index in [1.54, 1.807) is 42.7 Å². The van der Waals surface area contributed by atoms with Crippen molar-refractivity contribution in [3.05, 3.63) is 138 Å². The highest BCUT2D eigenvalue weighted by Gasteiger charge is 2.29. The van der Waals surface area contributed by atoms with Crippen LogP contribution < -0.4 is 28.4 Å². The van der Waals surface area contributed by atoms with Gasteiger partial charge in [-0.2, -0.15) is 0 Å². The lowest BCUT2D eigenvalue weighted by molar-refractivity contribution is 0.274. The van der Waals surface area contributed by atoms with Gasteiger partial charge in [-0.05, 0) is 53.1 Å². The number of aromatic nitrogens is 3. The van der Waals surface area contributed by atoms with Crippen LogP contribution in [-0.2, 0) is 26.1 Å². The highest BCUT2D eigenvalue weighted by atomic mass is 79.9. The van der Waals surface area contributed by atoms with Crippen LogP contribution in [0.5, 0.6) is 34.5 Å². The largest absolute Gasteiger partial charge is 0.496 e. The van der Waals surface area contributed by atoms with Crippen LogP contribution >= 0.6 is 47.8 Å². The number of ether oxygens (including phenoxy) is 6. The molecule has 9 rings (SSSR count). The number of rotatable bonds is 15. The van der Waals surface area contributed by atoms with Gasteiger partial charge < -0.3 is 53.6 Å². The van der Waals surface area contributed by atoms with Crippen LogP contribution in [0.3, 0.4) is 0 Å². The minimum absolute atomic E-state index is 0.255. The molecule has 0 unspecified atom stereocenters. The van der Waals surface area contributed by atoms with Crippen LogP contribution in [-0.4, -0.2) is 67.8 Å². The van der Waals surface area contributed by atoms with E-state index in [1.807, 2.05) is 54.6 Å². The van der Waals surface area contributed by atoms with Crippen molar-refractivity contribution in [1.82, 2.24) is 15.0 Å². The molecule has 9 aromatic rings. The lowest BCUT2D eigenvalue weighted by Crippen LogP contribution is -1.99. The second kappa shape index (κ2) is 18.8. The van der Waals surface area contributed by atoms with Crippen molar-refractivity contribution >= 4 is 80.5 Å². The van der Waals surface area contributed by atoms with E-state index < -0.39 is 0 Å². The van der Waals surface area contributed by atoms with Crippen molar-refractivity contribution in [1.29, 1.82) is 0 Å². The topological polar surface area (TPSA) is 143 Å². The molecule has 0 radical (unpaired) electrons. The van der Waals surface area contributed by atoms with Gasteiger partial charge in [0.1, 0.15) is 34.5 Å². The van der Waals surface area contributed by atoms with Crippen LogP contribution in [0.1, 0.15) is 33.8 Å². The monoisotopic (exact) mass is 1080 g/mol. The molecule has 6 aromatic carbocycles. The minimum atomic E-state index is -0.259. The van der Waals surface area contributed by atoms with Gasteiger partial charge in [0.25, 0.3) is 0 Å². The lowest BCUT2D eigenvalue weighted by Gasteiger charge is -2.15. The smallest absolute Gasteiger partial charge is 0.132 e. The summed E-state index contributed by atoms with van der Waals surface area (Å²) in [4.78, 5) is 11.4. The molecular formula is C52H46Br3N3O8. The van der Waals surface area contributed by atoms with E-state index in [-0.39, 0.29) is 13.2 Å². The van der Waals surface area contributed by atoms with Gasteiger partial charge in [0, 0.05) is 94.9 Å². The zero-order chi connectivity index (χ0) is 46.4. The Morgan fingerprint density at radius 3 is 0.939 bits per heavy atom. The SMILES string of the molecule is COc1cc(OC)c2c(-c3ccc(Br)cc3)c(Cc3[nH]c4c(Cc5[nH]c6c(CO)c(OC)cc(OC)c6c5-c5ccc(Br)cc5)c(OC)cc(OC)c4c3-c3ccc(Br)cc3)[nH]c2c1CO. The van der Waals surface area contributed by atoms with E-state index in [4.69, 9.17) is 28.4 Å². The van der Waals surface area contributed by atoms with Gasteiger partial charge in [0.15, 0.2) is 0 Å². The van der Waals surface area contributed by atoms with Crippen LogP contribution in [0.25, 0.3) is 66.1 Å². The van der Waals surface area contributed by atoms with E-state index in [2.05, 4.69) is 99.1 Å². The summed E-state index contributed by atoms with van der Waals surface area (Å²) >= 11 is 10.9. The predicted molar refractivity (Wildman–Crippen MR) is 271 cm³/mol. The molecule has 0 saturated carbocycles. The Balaban J connectivity index is 1.35. The third kappa shape index (κ3) is 7.77. The molecule has 0 aliphatic carbocycles. The van der Waals surface area contributed by atoms with Crippen LogP contribution in [0.2, 0.25) is 0 Å². The van der Waals surface area contributed by atoms with Crippen molar-refractivity contribution in [2.24, 2.45) is 0 Å². The summed E-state index contributed by atoms with van der Waals surface area (Å²) in [7, 11) is 9.78. The first-order chi connectivity index (χ1) is 32.1. The molecule has 3 aromatic heterocycles. The zero-order valence-corrected chi connectivity index (χ0v) is 41.7. The number of aliphatic hydroxyl groups excluding tert-OH is 2. The number of benzene rings is 6. The van der Waals surface area contributed by atoms with E-state index in [1.165, 1.54) is 0 Å². The second-order valence-corrected chi connectivity index (χ2v) is 18.4. The highest BCUT2D eigenvalue weighted by molar-refractivity contribution is 9.11. The van der Waals surface area contributed by atoms with Crippen molar-refractivity contribution in [2.45, 2.75) is 26.1 Å². The predicted octanol–water partition coefficient (Wildman–Crippen LogP) is 12.6. The molecule has 0 aliphatic heterocycles. The molecule has 3 heterocycles. The molecular weight excluding hydrogens is 1030 g/mol. The summed E-state index contributed by atoms with van der Waals surface area (Å²) in [6.45, 7) is -0.515. The van der Waals surface area contributed by atoms with Gasteiger partial charge in [-0.1, -0.05) is 84.2 Å². The quantitative estimate of drug-likeness (QED) is 0.0683. The average molecular weight is 1080 g/mol. The molecule has 5 N–H and O–H groups in total. The van der Waals surface area contributed by atoms with Crippen LogP contribution in [0.4, 0.5) is 0 Å². The average Bonchev–Trinajstić information content (AvgIpc) is 4.03. The molecule has 0 spiro atoms. The Kier molecular flexibility index (Phi) is 12.9. The van der Waals surface area contributed by atoms with Crippen molar-refractivity contribution in [3.63, 3.8) is 0 Å². The molecule has 11 nitrogen and oxygen atoms in total. The third-order valence-electron chi connectivity index (χ3n) is 12.3.